The Morgan fingerprint density at radius 2 is 1.69 bits per heavy atom. The van der Waals surface area contributed by atoms with E-state index in [9.17, 15) is 14.7 Å². The van der Waals surface area contributed by atoms with Crippen molar-refractivity contribution in [2.24, 2.45) is 0 Å². The highest BCUT2D eigenvalue weighted by Crippen LogP contribution is 2.42. The van der Waals surface area contributed by atoms with Crippen molar-refractivity contribution in [3.8, 4) is 0 Å². The summed E-state index contributed by atoms with van der Waals surface area (Å²) < 4.78 is 0. The number of aliphatic hydroxyl groups excluding tert-OH is 1. The summed E-state index contributed by atoms with van der Waals surface area (Å²) in [5, 5.41) is 11.1. The highest BCUT2D eigenvalue weighted by atomic mass is 16.3. The number of pyridine rings is 1. The van der Waals surface area contributed by atoms with Gasteiger partial charge in [0.15, 0.2) is 0 Å². The molecule has 0 radical (unpaired) electrons. The average molecular weight is 390 g/mol. The van der Waals surface area contributed by atoms with Gasteiger partial charge in [-0.15, -0.1) is 0 Å². The first-order valence-electron chi connectivity index (χ1n) is 10.3. The average Bonchev–Trinajstić information content (AvgIpc) is 3.01. The number of likely N-dealkylation sites (tertiary alicyclic amines) is 1. The second-order valence-corrected chi connectivity index (χ2v) is 8.08. The molecule has 1 saturated carbocycles. The number of carbonyl (C=O) groups is 2. The molecular weight excluding hydrogens is 364 g/mol. The summed E-state index contributed by atoms with van der Waals surface area (Å²) in [7, 11) is 0. The smallest absolute Gasteiger partial charge is 0.295 e. The lowest BCUT2D eigenvalue weighted by Crippen LogP contribution is -2.40. The van der Waals surface area contributed by atoms with Crippen LogP contribution in [0.2, 0.25) is 0 Å². The first-order chi connectivity index (χ1) is 14.0. The number of Topliss-reactive ketones (excluding diaryl/α,β-unsaturated/α-hetero) is 1. The third-order valence-electron chi connectivity index (χ3n) is 6.25. The SMILES string of the molecule is Cc1ccc(/C(O)=C2/C(=O)C(=O)N(C3CCCCC3)C2c2ccncc2)cc1C. The predicted octanol–water partition coefficient (Wildman–Crippen LogP) is 4.45. The van der Waals surface area contributed by atoms with Gasteiger partial charge in [-0.2, -0.15) is 0 Å². The van der Waals surface area contributed by atoms with E-state index in [0.29, 0.717) is 5.56 Å². The molecule has 5 heteroatoms. The van der Waals surface area contributed by atoms with E-state index in [2.05, 4.69) is 4.98 Å². The first kappa shape index (κ1) is 19.4. The van der Waals surface area contributed by atoms with E-state index in [1.807, 2.05) is 38.1 Å². The standard InChI is InChI=1S/C24H26N2O3/c1-15-8-9-18(14-16(15)2)22(27)20-21(17-10-12-25-13-11-17)26(24(29)23(20)28)19-6-4-3-5-7-19/h8-14,19,21,27H,3-7H2,1-2H3/b22-20-. The fourth-order valence-electron chi connectivity index (χ4n) is 4.50. The molecular formula is C24H26N2O3. The molecule has 5 nitrogen and oxygen atoms in total. The molecule has 1 aromatic heterocycles. The molecule has 1 amide bonds. The monoisotopic (exact) mass is 390 g/mol. The van der Waals surface area contributed by atoms with Crippen molar-refractivity contribution in [1.82, 2.24) is 9.88 Å². The minimum Gasteiger partial charge on any atom is -0.507 e. The van der Waals surface area contributed by atoms with Crippen LogP contribution in [0, 0.1) is 13.8 Å². The normalized spacial score (nSPS) is 22.3. The second-order valence-electron chi connectivity index (χ2n) is 8.08. The largest absolute Gasteiger partial charge is 0.507 e. The van der Waals surface area contributed by atoms with Crippen LogP contribution in [0.15, 0.2) is 48.3 Å². The predicted molar refractivity (Wildman–Crippen MR) is 111 cm³/mol. The topological polar surface area (TPSA) is 70.5 Å². The van der Waals surface area contributed by atoms with Crippen LogP contribution < -0.4 is 0 Å². The van der Waals surface area contributed by atoms with Crippen LogP contribution in [-0.4, -0.2) is 32.7 Å². The molecule has 1 unspecified atom stereocenters. The molecule has 150 valence electrons. The number of aliphatic hydroxyl groups is 1. The van der Waals surface area contributed by atoms with Crippen molar-refractivity contribution in [3.05, 3.63) is 70.6 Å². The van der Waals surface area contributed by atoms with Gasteiger partial charge in [0.1, 0.15) is 5.76 Å². The van der Waals surface area contributed by atoms with Gasteiger partial charge in [0.25, 0.3) is 11.7 Å². The summed E-state index contributed by atoms with van der Waals surface area (Å²) in [6.07, 6.45) is 8.35. The Hall–Kier alpha value is -2.95. The second kappa shape index (κ2) is 7.82. The minimum absolute atomic E-state index is 0.0171. The van der Waals surface area contributed by atoms with Gasteiger partial charge in [-0.05, 0) is 61.6 Å². The van der Waals surface area contributed by atoms with Crippen LogP contribution in [0.3, 0.4) is 0 Å². The zero-order chi connectivity index (χ0) is 20.5. The van der Waals surface area contributed by atoms with Crippen molar-refractivity contribution in [1.29, 1.82) is 0 Å². The molecule has 1 aromatic carbocycles. The molecule has 1 aliphatic heterocycles. The van der Waals surface area contributed by atoms with Crippen LogP contribution in [-0.2, 0) is 9.59 Å². The molecule has 1 atom stereocenters. The molecule has 2 fully saturated rings. The highest BCUT2D eigenvalue weighted by molar-refractivity contribution is 6.46. The van der Waals surface area contributed by atoms with E-state index in [-0.39, 0.29) is 17.4 Å². The van der Waals surface area contributed by atoms with Crippen molar-refractivity contribution in [3.63, 3.8) is 0 Å². The Bertz CT molecular complexity index is 975. The van der Waals surface area contributed by atoms with Crippen LogP contribution in [0.5, 0.6) is 0 Å². The zero-order valence-electron chi connectivity index (χ0n) is 16.9. The Morgan fingerprint density at radius 3 is 2.34 bits per heavy atom. The summed E-state index contributed by atoms with van der Waals surface area (Å²) in [6, 6.07) is 8.66. The van der Waals surface area contributed by atoms with Crippen LogP contribution in [0.25, 0.3) is 5.76 Å². The number of rotatable bonds is 3. The van der Waals surface area contributed by atoms with E-state index in [4.69, 9.17) is 0 Å². The van der Waals surface area contributed by atoms with Crippen LogP contribution >= 0.6 is 0 Å². The van der Waals surface area contributed by atoms with E-state index in [1.54, 1.807) is 23.4 Å². The fourth-order valence-corrected chi connectivity index (χ4v) is 4.50. The maximum absolute atomic E-state index is 13.1. The van der Waals surface area contributed by atoms with Crippen LogP contribution in [0.1, 0.15) is 60.4 Å². The van der Waals surface area contributed by atoms with E-state index < -0.39 is 17.7 Å². The number of aryl methyl sites for hydroxylation is 2. The Labute approximate surface area is 171 Å². The maximum atomic E-state index is 13.1. The Morgan fingerprint density at radius 1 is 1.00 bits per heavy atom. The fraction of sp³-hybridized carbons (Fsp3) is 0.375. The summed E-state index contributed by atoms with van der Waals surface area (Å²) in [4.78, 5) is 31.9. The highest BCUT2D eigenvalue weighted by Gasteiger charge is 2.48. The third kappa shape index (κ3) is 3.46. The number of amides is 1. The third-order valence-corrected chi connectivity index (χ3v) is 6.25. The van der Waals surface area contributed by atoms with Crippen molar-refractivity contribution in [2.45, 2.75) is 58.0 Å². The van der Waals surface area contributed by atoms with Gasteiger partial charge in [-0.1, -0.05) is 31.4 Å². The van der Waals surface area contributed by atoms with E-state index >= 15 is 0 Å². The number of nitrogens with zero attached hydrogens (tertiary/aromatic N) is 2. The van der Waals surface area contributed by atoms with Crippen LogP contribution in [0.4, 0.5) is 0 Å². The Kier molecular flexibility index (Phi) is 5.22. The van der Waals surface area contributed by atoms with Gasteiger partial charge in [-0.25, -0.2) is 0 Å². The van der Waals surface area contributed by atoms with Gasteiger partial charge in [-0.3, -0.25) is 14.6 Å². The number of hydrogen-bond acceptors (Lipinski definition) is 4. The van der Waals surface area contributed by atoms with E-state index in [0.717, 1.165) is 48.8 Å². The van der Waals surface area contributed by atoms with Crippen molar-refractivity contribution >= 4 is 17.4 Å². The molecule has 1 aliphatic carbocycles. The summed E-state index contributed by atoms with van der Waals surface area (Å²) in [5.74, 6) is -1.22. The van der Waals surface area contributed by atoms with Gasteiger partial charge < -0.3 is 10.0 Å². The van der Waals surface area contributed by atoms with Crippen molar-refractivity contribution in [2.75, 3.05) is 0 Å². The molecule has 29 heavy (non-hydrogen) atoms. The molecule has 2 heterocycles. The molecule has 1 saturated heterocycles. The number of aromatic nitrogens is 1. The van der Waals surface area contributed by atoms with Gasteiger partial charge in [0, 0.05) is 24.0 Å². The van der Waals surface area contributed by atoms with E-state index in [1.165, 1.54) is 0 Å². The summed E-state index contributed by atoms with van der Waals surface area (Å²) in [6.45, 7) is 3.96. The number of carbonyl (C=O) groups excluding carboxylic acids is 2. The Balaban J connectivity index is 1.87. The summed E-state index contributed by atoms with van der Waals surface area (Å²) >= 11 is 0. The number of ketones is 1. The maximum Gasteiger partial charge on any atom is 0.295 e. The lowest BCUT2D eigenvalue weighted by Gasteiger charge is -2.35. The van der Waals surface area contributed by atoms with Gasteiger partial charge in [0.2, 0.25) is 0 Å². The molecule has 0 bridgehead atoms. The zero-order valence-corrected chi connectivity index (χ0v) is 16.9. The first-order valence-corrected chi connectivity index (χ1v) is 10.3. The number of hydrogen-bond donors (Lipinski definition) is 1. The van der Waals surface area contributed by atoms with Crippen molar-refractivity contribution < 1.29 is 14.7 Å². The lowest BCUT2D eigenvalue weighted by atomic mass is 9.91. The quantitative estimate of drug-likeness (QED) is 0.477. The molecule has 4 rings (SSSR count). The summed E-state index contributed by atoms with van der Waals surface area (Å²) in [5.41, 5.74) is 3.67. The molecule has 2 aliphatic rings. The molecule has 1 N–H and O–H groups in total. The van der Waals surface area contributed by atoms with Gasteiger partial charge in [0.05, 0.1) is 11.6 Å². The molecule has 2 aromatic rings. The van der Waals surface area contributed by atoms with Gasteiger partial charge >= 0.3 is 0 Å². The minimum atomic E-state index is -0.604. The lowest BCUT2D eigenvalue weighted by molar-refractivity contribution is -0.141. The number of benzene rings is 1. The molecule has 0 spiro atoms.